The Bertz CT molecular complexity index is 1760. The van der Waals surface area contributed by atoms with Crippen molar-refractivity contribution in [1.29, 1.82) is 0 Å². The number of ether oxygens (including phenoxy) is 2. The minimum absolute atomic E-state index is 0.0335. The maximum atomic E-state index is 15.4. The van der Waals surface area contributed by atoms with Crippen LogP contribution in [-0.4, -0.2) is 58.8 Å². The molecule has 4 N–H and O–H groups in total. The van der Waals surface area contributed by atoms with Crippen molar-refractivity contribution in [3.8, 4) is 5.75 Å². The molecule has 2 aromatic heterocycles. The van der Waals surface area contributed by atoms with E-state index in [1.165, 1.54) is 17.8 Å². The summed E-state index contributed by atoms with van der Waals surface area (Å²) in [6.45, 7) is 1.27. The minimum atomic E-state index is -2.52. The zero-order valence-electron chi connectivity index (χ0n) is 23.2. The van der Waals surface area contributed by atoms with Crippen molar-refractivity contribution in [1.82, 2.24) is 19.5 Å². The second-order valence-electron chi connectivity index (χ2n) is 10.6. The summed E-state index contributed by atoms with van der Waals surface area (Å²) in [4.78, 5) is 25.0. The van der Waals surface area contributed by atoms with Crippen LogP contribution in [0.25, 0.3) is 11.2 Å². The number of benzene rings is 3. The molecule has 0 bridgehead atoms. The van der Waals surface area contributed by atoms with Crippen molar-refractivity contribution in [2.24, 2.45) is 0 Å². The van der Waals surface area contributed by atoms with Gasteiger partial charge in [0.15, 0.2) is 17.4 Å². The minimum Gasteiger partial charge on any atom is -0.497 e. The molecule has 0 radical (unpaired) electrons. The average Bonchev–Trinajstić information content (AvgIpc) is 3.53. The fraction of sp³-hybridized carbons (Fsp3) is 0.258. The van der Waals surface area contributed by atoms with Crippen LogP contribution >= 0.6 is 22.6 Å². The summed E-state index contributed by atoms with van der Waals surface area (Å²) in [6.07, 6.45) is -2.02. The normalized spacial score (nSPS) is 23.9. The molecule has 6 rings (SSSR count). The van der Waals surface area contributed by atoms with Gasteiger partial charge < -0.3 is 25.0 Å². The van der Waals surface area contributed by atoms with Crippen molar-refractivity contribution in [2.45, 2.75) is 36.3 Å². The SMILES string of the molecule is COc1ccc(C(Nc2nc3c(ncn3[C@@H]3O[C@](F)(CI)[C@@H](O)[C@@]3(C)O)c(=O)[nH]2)(c2ccccc2)c2ccccc2)cc1. The number of aliphatic hydroxyl groups excluding tert-OH is 1. The predicted molar refractivity (Wildman–Crippen MR) is 167 cm³/mol. The molecule has 0 unspecified atom stereocenters. The Morgan fingerprint density at radius 1 is 1.07 bits per heavy atom. The van der Waals surface area contributed by atoms with E-state index in [-0.39, 0.29) is 21.5 Å². The Labute approximate surface area is 259 Å². The Hall–Kier alpha value is -3.85. The highest BCUT2D eigenvalue weighted by molar-refractivity contribution is 14.1. The van der Waals surface area contributed by atoms with Crippen LogP contribution in [0.3, 0.4) is 0 Å². The molecular formula is C31H29FIN5O5. The van der Waals surface area contributed by atoms with Gasteiger partial charge in [-0.2, -0.15) is 4.98 Å². The number of hydrogen-bond acceptors (Lipinski definition) is 8. The number of aliphatic hydroxyl groups is 2. The van der Waals surface area contributed by atoms with E-state index in [2.05, 4.69) is 15.3 Å². The quantitative estimate of drug-likeness (QED) is 0.107. The molecule has 10 nitrogen and oxygen atoms in total. The van der Waals surface area contributed by atoms with Crippen LogP contribution in [0, 0.1) is 0 Å². The largest absolute Gasteiger partial charge is 0.497 e. The first kappa shape index (κ1) is 29.2. The maximum absolute atomic E-state index is 15.4. The van der Waals surface area contributed by atoms with Crippen LogP contribution in [0.5, 0.6) is 5.75 Å². The molecule has 43 heavy (non-hydrogen) atoms. The lowest BCUT2D eigenvalue weighted by Gasteiger charge is -2.37. The summed E-state index contributed by atoms with van der Waals surface area (Å²) in [5, 5.41) is 25.2. The zero-order chi connectivity index (χ0) is 30.4. The molecule has 0 aliphatic carbocycles. The Morgan fingerprint density at radius 3 is 2.19 bits per heavy atom. The number of nitrogens with zero attached hydrogens (tertiary/aromatic N) is 3. The first-order chi connectivity index (χ1) is 20.6. The summed E-state index contributed by atoms with van der Waals surface area (Å²) in [6, 6.07) is 27.0. The monoisotopic (exact) mass is 697 g/mol. The smallest absolute Gasteiger partial charge is 0.280 e. The van der Waals surface area contributed by atoms with E-state index in [0.29, 0.717) is 5.75 Å². The highest BCUT2D eigenvalue weighted by Crippen LogP contribution is 2.47. The lowest BCUT2D eigenvalue weighted by Crippen LogP contribution is -2.48. The van der Waals surface area contributed by atoms with E-state index in [1.54, 1.807) is 29.7 Å². The van der Waals surface area contributed by atoms with Gasteiger partial charge in [-0.3, -0.25) is 14.3 Å². The van der Waals surface area contributed by atoms with Crippen molar-refractivity contribution in [3.63, 3.8) is 0 Å². The Kier molecular flexibility index (Phi) is 7.49. The van der Waals surface area contributed by atoms with E-state index in [4.69, 9.17) is 14.5 Å². The summed E-state index contributed by atoms with van der Waals surface area (Å²) < 4.78 is 27.4. The number of H-pyrrole nitrogens is 1. The van der Waals surface area contributed by atoms with Gasteiger partial charge in [0.25, 0.3) is 5.56 Å². The number of nitrogens with one attached hydrogen (secondary N) is 2. The fourth-order valence-electron chi connectivity index (χ4n) is 5.65. The third kappa shape index (κ3) is 4.78. The molecule has 4 atom stereocenters. The third-order valence-electron chi connectivity index (χ3n) is 7.88. The second kappa shape index (κ2) is 11.0. The highest BCUT2D eigenvalue weighted by Gasteiger charge is 2.62. The number of alkyl halides is 2. The Balaban J connectivity index is 1.55. The number of aromatic amines is 1. The molecule has 1 fully saturated rings. The van der Waals surface area contributed by atoms with Crippen molar-refractivity contribution >= 4 is 39.7 Å². The average molecular weight is 698 g/mol. The van der Waals surface area contributed by atoms with Gasteiger partial charge in [-0.1, -0.05) is 95.4 Å². The van der Waals surface area contributed by atoms with Crippen LogP contribution in [-0.2, 0) is 10.3 Å². The van der Waals surface area contributed by atoms with Crippen molar-refractivity contribution in [2.75, 3.05) is 16.9 Å². The number of anilines is 1. The van der Waals surface area contributed by atoms with Gasteiger partial charge >= 0.3 is 0 Å². The number of methoxy groups -OCH3 is 1. The first-order valence-electron chi connectivity index (χ1n) is 13.5. The molecule has 0 amide bonds. The molecule has 1 saturated heterocycles. The molecule has 1 aliphatic heterocycles. The molecule has 1 aliphatic rings. The number of hydrogen-bond donors (Lipinski definition) is 4. The third-order valence-corrected chi connectivity index (χ3v) is 8.92. The number of imidazole rings is 1. The first-order valence-corrected chi connectivity index (χ1v) is 15.0. The number of rotatable bonds is 8. The van der Waals surface area contributed by atoms with E-state index in [1.807, 2.05) is 84.9 Å². The summed E-state index contributed by atoms with van der Waals surface area (Å²) in [5.41, 5.74) is -1.12. The maximum Gasteiger partial charge on any atom is 0.280 e. The lowest BCUT2D eigenvalue weighted by atomic mass is 9.77. The molecule has 3 heterocycles. The summed E-state index contributed by atoms with van der Waals surface area (Å²) in [7, 11) is 1.60. The lowest BCUT2D eigenvalue weighted by molar-refractivity contribution is -0.167. The number of aromatic nitrogens is 4. The molecule has 12 heteroatoms. The van der Waals surface area contributed by atoms with Crippen molar-refractivity contribution in [3.05, 3.63) is 118 Å². The van der Waals surface area contributed by atoms with Gasteiger partial charge in [0.2, 0.25) is 11.8 Å². The van der Waals surface area contributed by atoms with Crippen LogP contribution in [0.2, 0.25) is 0 Å². The number of fused-ring (bicyclic) bond motifs is 1. The van der Waals surface area contributed by atoms with Gasteiger partial charge in [-0.05, 0) is 35.7 Å². The molecule has 0 spiro atoms. The van der Waals surface area contributed by atoms with Crippen LogP contribution in [0.15, 0.2) is 96.1 Å². The van der Waals surface area contributed by atoms with Crippen LogP contribution in [0.4, 0.5) is 10.3 Å². The number of halogens is 2. The van der Waals surface area contributed by atoms with Gasteiger partial charge in [-0.25, -0.2) is 9.37 Å². The molecule has 3 aromatic carbocycles. The fourth-order valence-corrected chi connectivity index (χ4v) is 6.25. The van der Waals surface area contributed by atoms with Gasteiger partial charge in [0, 0.05) is 0 Å². The van der Waals surface area contributed by atoms with Crippen LogP contribution in [0.1, 0.15) is 29.8 Å². The van der Waals surface area contributed by atoms with Gasteiger partial charge in [-0.15, -0.1) is 0 Å². The summed E-state index contributed by atoms with van der Waals surface area (Å²) in [5.74, 6) is -1.75. The second-order valence-corrected chi connectivity index (χ2v) is 11.4. The molecule has 222 valence electrons. The standard InChI is InChI=1S/C31H29FIN5O5/c1-29(41)26(40)30(32,17-33)43-27(29)38-18-34-23-24(38)35-28(36-25(23)39)37-31(19-9-5-3-6-10-19,20-11-7-4-8-12-20)21-13-15-22(42-2)16-14-21/h3-16,18,26-27,40-41H,17H2,1-2H3,(H2,35,36,37,39)/t26-,27+,29+,30+/m0/s1. The highest BCUT2D eigenvalue weighted by atomic mass is 127. The van der Waals surface area contributed by atoms with Crippen LogP contribution < -0.4 is 15.6 Å². The van der Waals surface area contributed by atoms with E-state index in [0.717, 1.165) is 16.7 Å². The summed E-state index contributed by atoms with van der Waals surface area (Å²) >= 11 is 1.75. The molecule has 0 saturated carbocycles. The predicted octanol–water partition coefficient (Wildman–Crippen LogP) is 4.27. The molecular weight excluding hydrogens is 668 g/mol. The van der Waals surface area contributed by atoms with Gasteiger partial charge in [0.05, 0.1) is 17.9 Å². The van der Waals surface area contributed by atoms with E-state index >= 15 is 4.39 Å². The zero-order valence-corrected chi connectivity index (χ0v) is 25.4. The van der Waals surface area contributed by atoms with E-state index < -0.39 is 34.9 Å². The topological polar surface area (TPSA) is 135 Å². The molecule has 5 aromatic rings. The van der Waals surface area contributed by atoms with E-state index in [9.17, 15) is 15.0 Å². The Morgan fingerprint density at radius 2 is 1.65 bits per heavy atom. The van der Waals surface area contributed by atoms with Gasteiger partial charge in [0.1, 0.15) is 23.0 Å². The van der Waals surface area contributed by atoms with Crippen molar-refractivity contribution < 1.29 is 24.1 Å².